The lowest BCUT2D eigenvalue weighted by Gasteiger charge is -2.45. The Morgan fingerprint density at radius 2 is 1.90 bits per heavy atom. The number of carbonyl (C=O) groups excluding carboxylic acids is 2. The lowest BCUT2D eigenvalue weighted by molar-refractivity contribution is -0.167. The number of benzene rings is 1. The number of methoxy groups -OCH3 is 3. The zero-order valence-corrected chi connectivity index (χ0v) is 18.2. The lowest BCUT2D eigenvalue weighted by atomic mass is 9.69. The minimum Gasteiger partial charge on any atom is -0.493 e. The van der Waals surface area contributed by atoms with Crippen LogP contribution in [-0.4, -0.2) is 55.0 Å². The van der Waals surface area contributed by atoms with E-state index < -0.39 is 11.4 Å². The Morgan fingerprint density at radius 3 is 2.58 bits per heavy atom. The van der Waals surface area contributed by atoms with Crippen LogP contribution in [0, 0.1) is 5.41 Å². The van der Waals surface area contributed by atoms with Gasteiger partial charge in [-0.1, -0.05) is 30.3 Å². The van der Waals surface area contributed by atoms with E-state index in [2.05, 4.69) is 22.0 Å². The summed E-state index contributed by atoms with van der Waals surface area (Å²) in [5.41, 5.74) is 0.346. The van der Waals surface area contributed by atoms with Crippen LogP contribution in [0.1, 0.15) is 30.5 Å². The molecule has 2 bridgehead atoms. The van der Waals surface area contributed by atoms with Crippen molar-refractivity contribution in [2.24, 2.45) is 5.41 Å². The first-order chi connectivity index (χ1) is 15.0. The molecule has 7 heteroatoms. The molecule has 2 fully saturated rings. The number of carbonyl (C=O) groups is 2. The molecule has 31 heavy (non-hydrogen) atoms. The predicted octanol–water partition coefficient (Wildman–Crippen LogP) is 2.81. The molecule has 3 atom stereocenters. The maximum atomic E-state index is 13.5. The van der Waals surface area contributed by atoms with Gasteiger partial charge < -0.3 is 14.2 Å². The normalized spacial score (nSPS) is 25.3. The third-order valence-electron chi connectivity index (χ3n) is 6.70. The second-order valence-electron chi connectivity index (χ2n) is 8.17. The monoisotopic (exact) mass is 424 g/mol. The molecule has 1 aromatic carbocycles. The number of esters is 1. The van der Waals surface area contributed by atoms with E-state index in [1.807, 2.05) is 18.2 Å². The molecule has 0 spiro atoms. The highest BCUT2D eigenvalue weighted by Gasteiger charge is 2.61. The first-order valence-corrected chi connectivity index (χ1v) is 10.5. The predicted molar refractivity (Wildman–Crippen MR) is 114 cm³/mol. The van der Waals surface area contributed by atoms with E-state index in [0.29, 0.717) is 30.2 Å². The van der Waals surface area contributed by atoms with Crippen molar-refractivity contribution in [1.29, 1.82) is 0 Å². The summed E-state index contributed by atoms with van der Waals surface area (Å²) in [4.78, 5) is 33.5. The van der Waals surface area contributed by atoms with Crippen LogP contribution in [-0.2, 0) is 27.3 Å². The van der Waals surface area contributed by atoms with Gasteiger partial charge in [0.1, 0.15) is 5.41 Å². The molecule has 3 heterocycles. The molecule has 2 aliphatic rings. The minimum absolute atomic E-state index is 0.0807. The smallest absolute Gasteiger partial charge is 0.321 e. The summed E-state index contributed by atoms with van der Waals surface area (Å²) in [6.45, 7) is 0.685. The third-order valence-corrected chi connectivity index (χ3v) is 6.70. The summed E-state index contributed by atoms with van der Waals surface area (Å²) in [6, 6.07) is 11.7. The van der Waals surface area contributed by atoms with E-state index in [1.165, 1.54) is 14.2 Å². The molecule has 2 aliphatic heterocycles. The zero-order valence-electron chi connectivity index (χ0n) is 18.2. The molecular weight excluding hydrogens is 396 g/mol. The molecule has 0 radical (unpaired) electrons. The van der Waals surface area contributed by atoms with E-state index in [9.17, 15) is 9.59 Å². The number of hydrogen-bond acceptors (Lipinski definition) is 7. The molecule has 2 aromatic rings. The summed E-state index contributed by atoms with van der Waals surface area (Å²) >= 11 is 0. The van der Waals surface area contributed by atoms with Crippen molar-refractivity contribution in [2.45, 2.75) is 44.3 Å². The standard InChI is InChI=1S/C24H28N2O5/c1-29-19-11-12-25-18(22(19)30-2)14-24(23(28)31-3)20-10-9-17(13-21(24)27)26(20)15-16-7-5-4-6-8-16/h4-8,11-12,17,20H,9-10,13-15H2,1-3H3/t17-,20-,24-/m1/s1. The number of aromatic nitrogens is 1. The highest BCUT2D eigenvalue weighted by molar-refractivity contribution is 6.06. The first kappa shape index (κ1) is 21.3. The Bertz CT molecular complexity index is 964. The van der Waals surface area contributed by atoms with E-state index in [1.54, 1.807) is 19.4 Å². The van der Waals surface area contributed by atoms with Gasteiger partial charge in [0, 0.05) is 43.7 Å². The average Bonchev–Trinajstić information content (AvgIpc) is 3.11. The van der Waals surface area contributed by atoms with Crippen molar-refractivity contribution in [3.63, 3.8) is 0 Å². The van der Waals surface area contributed by atoms with Crippen LogP contribution < -0.4 is 9.47 Å². The number of piperidine rings is 1. The SMILES string of the molecule is COC(=O)[C@@]1(Cc2nccc(OC)c2OC)C(=O)C[C@H]2CC[C@H]1N2Cc1ccccc1. The summed E-state index contributed by atoms with van der Waals surface area (Å²) in [7, 11) is 4.42. The maximum absolute atomic E-state index is 13.5. The first-order valence-electron chi connectivity index (χ1n) is 10.5. The van der Waals surface area contributed by atoms with Gasteiger partial charge in [-0.3, -0.25) is 19.5 Å². The van der Waals surface area contributed by atoms with Gasteiger partial charge in [-0.15, -0.1) is 0 Å². The fraction of sp³-hybridized carbons (Fsp3) is 0.458. The summed E-state index contributed by atoms with van der Waals surface area (Å²) in [5.74, 6) is 0.368. The third kappa shape index (κ3) is 3.57. The number of nitrogens with zero attached hydrogens (tertiary/aromatic N) is 2. The number of fused-ring (bicyclic) bond motifs is 2. The van der Waals surface area contributed by atoms with Crippen molar-refractivity contribution in [3.05, 3.63) is 53.9 Å². The molecule has 0 N–H and O–H groups in total. The fourth-order valence-corrected chi connectivity index (χ4v) is 5.26. The van der Waals surface area contributed by atoms with Gasteiger partial charge in [0.2, 0.25) is 0 Å². The van der Waals surface area contributed by atoms with E-state index in [0.717, 1.165) is 18.4 Å². The Balaban J connectivity index is 1.77. The Morgan fingerprint density at radius 1 is 1.13 bits per heavy atom. The average molecular weight is 424 g/mol. The zero-order chi connectivity index (χ0) is 22.0. The van der Waals surface area contributed by atoms with Gasteiger partial charge >= 0.3 is 5.97 Å². The van der Waals surface area contributed by atoms with Gasteiger partial charge in [0.05, 0.1) is 27.0 Å². The Hall–Kier alpha value is -2.93. The van der Waals surface area contributed by atoms with Crippen LogP contribution in [0.3, 0.4) is 0 Å². The number of pyridine rings is 1. The van der Waals surface area contributed by atoms with Crippen LogP contribution in [0.25, 0.3) is 0 Å². The molecule has 164 valence electrons. The van der Waals surface area contributed by atoms with Gasteiger partial charge in [-0.05, 0) is 18.4 Å². The Labute approximate surface area is 182 Å². The van der Waals surface area contributed by atoms with Crippen molar-refractivity contribution >= 4 is 11.8 Å². The van der Waals surface area contributed by atoms with Crippen LogP contribution in [0.2, 0.25) is 0 Å². The van der Waals surface area contributed by atoms with Crippen molar-refractivity contribution < 1.29 is 23.8 Å². The van der Waals surface area contributed by atoms with Crippen LogP contribution in [0.4, 0.5) is 0 Å². The molecular formula is C24H28N2O5. The van der Waals surface area contributed by atoms with Crippen molar-refractivity contribution in [3.8, 4) is 11.5 Å². The fourth-order valence-electron chi connectivity index (χ4n) is 5.26. The van der Waals surface area contributed by atoms with Crippen molar-refractivity contribution in [1.82, 2.24) is 9.88 Å². The van der Waals surface area contributed by atoms with E-state index in [-0.39, 0.29) is 24.3 Å². The quantitative estimate of drug-likeness (QED) is 0.500. The molecule has 0 amide bonds. The topological polar surface area (TPSA) is 78.0 Å². The van der Waals surface area contributed by atoms with Gasteiger partial charge in [0.15, 0.2) is 17.3 Å². The summed E-state index contributed by atoms with van der Waals surface area (Å²) < 4.78 is 16.2. The Kier molecular flexibility index (Phi) is 5.96. The van der Waals surface area contributed by atoms with Gasteiger partial charge in [-0.25, -0.2) is 0 Å². The number of hydrogen-bond donors (Lipinski definition) is 0. The number of ketones is 1. The molecule has 1 aromatic heterocycles. The highest BCUT2D eigenvalue weighted by Crippen LogP contribution is 2.49. The highest BCUT2D eigenvalue weighted by atomic mass is 16.5. The maximum Gasteiger partial charge on any atom is 0.321 e. The van der Waals surface area contributed by atoms with Crippen molar-refractivity contribution in [2.75, 3.05) is 21.3 Å². The summed E-state index contributed by atoms with van der Waals surface area (Å²) in [6.07, 6.45) is 3.68. The molecule has 2 saturated heterocycles. The summed E-state index contributed by atoms with van der Waals surface area (Å²) in [5, 5.41) is 0. The molecule has 4 rings (SSSR count). The number of rotatable bonds is 7. The second kappa shape index (κ2) is 8.67. The lowest BCUT2D eigenvalue weighted by Crippen LogP contribution is -2.61. The molecule has 7 nitrogen and oxygen atoms in total. The van der Waals surface area contributed by atoms with E-state index >= 15 is 0 Å². The second-order valence-corrected chi connectivity index (χ2v) is 8.17. The minimum atomic E-state index is -1.33. The number of Topliss-reactive ketones (excluding diaryl/α,β-unsaturated/α-hetero) is 1. The number of ether oxygens (including phenoxy) is 3. The van der Waals surface area contributed by atoms with Crippen LogP contribution in [0.15, 0.2) is 42.6 Å². The molecule has 0 unspecified atom stereocenters. The molecule has 0 saturated carbocycles. The van der Waals surface area contributed by atoms with Crippen LogP contribution in [0.5, 0.6) is 11.5 Å². The molecule has 0 aliphatic carbocycles. The van der Waals surface area contributed by atoms with E-state index in [4.69, 9.17) is 14.2 Å². The largest absolute Gasteiger partial charge is 0.493 e. The van der Waals surface area contributed by atoms with Gasteiger partial charge in [0.25, 0.3) is 0 Å². The van der Waals surface area contributed by atoms with Gasteiger partial charge in [-0.2, -0.15) is 0 Å². The van der Waals surface area contributed by atoms with Crippen LogP contribution >= 0.6 is 0 Å².